The highest BCUT2D eigenvalue weighted by Crippen LogP contribution is 2.30. The zero-order chi connectivity index (χ0) is 14.5. The van der Waals surface area contributed by atoms with Crippen molar-refractivity contribution in [2.24, 2.45) is 0 Å². The Balaban J connectivity index is 2.01. The molecule has 4 nitrogen and oxygen atoms in total. The molecule has 1 amide bonds. The molecule has 1 unspecified atom stereocenters. The number of thioether (sulfide) groups is 1. The topological polar surface area (TPSA) is 54.9 Å². The second-order valence-electron chi connectivity index (χ2n) is 4.17. The maximum atomic E-state index is 12.1. The molecule has 1 aromatic heterocycles. The van der Waals surface area contributed by atoms with Gasteiger partial charge in [-0.25, -0.2) is 0 Å². The van der Waals surface area contributed by atoms with Crippen LogP contribution in [0.1, 0.15) is 30.6 Å². The fraction of sp³-hybridized carbons (Fsp3) is 0.308. The van der Waals surface area contributed by atoms with Crippen LogP contribution in [0.25, 0.3) is 0 Å². The third kappa shape index (κ3) is 4.29. The van der Waals surface area contributed by atoms with Crippen LogP contribution in [0.2, 0.25) is 0 Å². The molecule has 20 heavy (non-hydrogen) atoms. The highest BCUT2D eigenvalue weighted by Gasteiger charge is 2.12. The first-order valence-corrected chi connectivity index (χ1v) is 8.64. The van der Waals surface area contributed by atoms with Crippen molar-refractivity contribution in [3.8, 4) is 0 Å². The largest absolute Gasteiger partial charge is 0.296 e. The van der Waals surface area contributed by atoms with Crippen LogP contribution in [0.3, 0.4) is 0 Å². The van der Waals surface area contributed by atoms with E-state index < -0.39 is 0 Å². The van der Waals surface area contributed by atoms with Gasteiger partial charge in [0.1, 0.15) is 0 Å². The second-order valence-corrected chi connectivity index (χ2v) is 7.75. The van der Waals surface area contributed by atoms with Gasteiger partial charge in [-0.3, -0.25) is 10.1 Å². The summed E-state index contributed by atoms with van der Waals surface area (Å²) in [5.74, 6) is -0.178. The van der Waals surface area contributed by atoms with Crippen LogP contribution in [-0.4, -0.2) is 21.4 Å². The van der Waals surface area contributed by atoms with Crippen molar-refractivity contribution in [3.05, 3.63) is 34.3 Å². The van der Waals surface area contributed by atoms with Gasteiger partial charge in [0.2, 0.25) is 5.13 Å². The number of rotatable bonds is 5. The highest BCUT2D eigenvalue weighted by molar-refractivity contribution is 9.10. The van der Waals surface area contributed by atoms with Gasteiger partial charge < -0.3 is 0 Å². The molecule has 2 aromatic rings. The summed E-state index contributed by atoms with van der Waals surface area (Å²) in [5, 5.41) is 11.9. The van der Waals surface area contributed by atoms with E-state index in [1.807, 2.05) is 12.1 Å². The zero-order valence-electron chi connectivity index (χ0n) is 11.1. The Bertz CT molecular complexity index is 603. The number of carbonyl (C=O) groups excluding carboxylic acids is 1. The number of nitrogens with zero attached hydrogens (tertiary/aromatic N) is 2. The van der Waals surface area contributed by atoms with Gasteiger partial charge in [-0.15, -0.1) is 10.2 Å². The van der Waals surface area contributed by atoms with Gasteiger partial charge in [0.25, 0.3) is 5.91 Å². The lowest BCUT2D eigenvalue weighted by atomic mass is 10.2. The smallest absolute Gasteiger partial charge is 0.257 e. The van der Waals surface area contributed by atoms with Crippen molar-refractivity contribution in [2.75, 3.05) is 5.32 Å². The van der Waals surface area contributed by atoms with Crippen LogP contribution in [0.15, 0.2) is 33.1 Å². The maximum absolute atomic E-state index is 12.1. The second kappa shape index (κ2) is 7.19. The SMILES string of the molecule is CCC(C)Sc1nnc(NC(=O)c2cccc(Br)c2)s1. The van der Waals surface area contributed by atoms with Crippen LogP contribution in [-0.2, 0) is 0 Å². The van der Waals surface area contributed by atoms with Gasteiger partial charge >= 0.3 is 0 Å². The van der Waals surface area contributed by atoms with Crippen LogP contribution < -0.4 is 5.32 Å². The van der Waals surface area contributed by atoms with E-state index in [1.54, 1.807) is 23.9 Å². The van der Waals surface area contributed by atoms with Gasteiger partial charge in [0.15, 0.2) is 4.34 Å². The predicted octanol–water partition coefficient (Wildman–Crippen LogP) is 4.44. The quantitative estimate of drug-likeness (QED) is 0.623. The molecule has 0 bridgehead atoms. The molecule has 0 saturated carbocycles. The van der Waals surface area contributed by atoms with Crippen molar-refractivity contribution < 1.29 is 4.79 Å². The van der Waals surface area contributed by atoms with Crippen LogP contribution in [0.5, 0.6) is 0 Å². The normalized spacial score (nSPS) is 12.2. The first kappa shape index (κ1) is 15.5. The molecular weight excluding hydrogens is 358 g/mol. The number of hydrogen-bond donors (Lipinski definition) is 1. The summed E-state index contributed by atoms with van der Waals surface area (Å²) in [6.45, 7) is 4.28. The summed E-state index contributed by atoms with van der Waals surface area (Å²) in [6, 6.07) is 7.23. The van der Waals surface area contributed by atoms with Gasteiger partial charge in [-0.2, -0.15) is 0 Å². The van der Waals surface area contributed by atoms with Gasteiger partial charge in [0.05, 0.1) is 0 Å². The summed E-state index contributed by atoms with van der Waals surface area (Å²) < 4.78 is 1.75. The Morgan fingerprint density at radius 1 is 1.50 bits per heavy atom. The number of halogens is 1. The van der Waals surface area contributed by atoms with Gasteiger partial charge in [0, 0.05) is 15.3 Å². The third-order valence-electron chi connectivity index (χ3n) is 2.59. The lowest BCUT2D eigenvalue weighted by Gasteiger charge is -2.03. The number of amides is 1. The molecule has 0 aliphatic heterocycles. The minimum Gasteiger partial charge on any atom is -0.296 e. The lowest BCUT2D eigenvalue weighted by molar-refractivity contribution is 0.102. The highest BCUT2D eigenvalue weighted by atomic mass is 79.9. The molecule has 0 spiro atoms. The number of benzene rings is 1. The number of nitrogens with one attached hydrogen (secondary N) is 1. The van der Waals surface area contributed by atoms with E-state index in [1.165, 1.54) is 11.3 Å². The molecule has 2 rings (SSSR count). The van der Waals surface area contributed by atoms with E-state index in [2.05, 4.69) is 45.3 Å². The van der Waals surface area contributed by atoms with E-state index in [4.69, 9.17) is 0 Å². The molecule has 0 radical (unpaired) electrons. The molecule has 106 valence electrons. The van der Waals surface area contributed by atoms with E-state index in [9.17, 15) is 4.79 Å². The lowest BCUT2D eigenvalue weighted by Crippen LogP contribution is -2.11. The average Bonchev–Trinajstić information content (AvgIpc) is 2.85. The Labute approximate surface area is 134 Å². The summed E-state index contributed by atoms with van der Waals surface area (Å²) in [7, 11) is 0. The minimum absolute atomic E-state index is 0.178. The standard InChI is InChI=1S/C13H14BrN3OS2/c1-3-8(2)19-13-17-16-12(20-13)15-11(18)9-5-4-6-10(14)7-9/h4-8H,3H2,1-2H3,(H,15,16,18). The minimum atomic E-state index is -0.178. The van der Waals surface area contributed by atoms with E-state index in [0.29, 0.717) is 15.9 Å². The first-order chi connectivity index (χ1) is 9.58. The van der Waals surface area contributed by atoms with Crippen molar-refractivity contribution in [1.29, 1.82) is 0 Å². The third-order valence-corrected chi connectivity index (χ3v) is 5.27. The van der Waals surface area contributed by atoms with Gasteiger partial charge in [-0.05, 0) is 24.6 Å². The van der Waals surface area contributed by atoms with Gasteiger partial charge in [-0.1, -0.05) is 58.9 Å². The average molecular weight is 372 g/mol. The molecule has 1 aromatic carbocycles. The number of carbonyl (C=O) groups is 1. The fourth-order valence-corrected chi connectivity index (χ4v) is 3.75. The van der Waals surface area contributed by atoms with Crippen LogP contribution in [0, 0.1) is 0 Å². The summed E-state index contributed by atoms with van der Waals surface area (Å²) in [5.41, 5.74) is 0.589. The molecule has 1 N–H and O–H groups in total. The zero-order valence-corrected chi connectivity index (χ0v) is 14.3. The molecule has 7 heteroatoms. The van der Waals surface area contributed by atoms with Crippen LogP contribution in [0.4, 0.5) is 5.13 Å². The molecule has 0 aliphatic rings. The molecule has 0 fully saturated rings. The monoisotopic (exact) mass is 371 g/mol. The van der Waals surface area contributed by atoms with Crippen molar-refractivity contribution in [1.82, 2.24) is 10.2 Å². The number of hydrogen-bond acceptors (Lipinski definition) is 5. The fourth-order valence-electron chi connectivity index (χ4n) is 1.36. The molecule has 1 heterocycles. The number of anilines is 1. The maximum Gasteiger partial charge on any atom is 0.257 e. The van der Waals surface area contributed by atoms with Crippen molar-refractivity contribution in [2.45, 2.75) is 29.9 Å². The van der Waals surface area contributed by atoms with Crippen molar-refractivity contribution >= 4 is 50.1 Å². The first-order valence-electron chi connectivity index (χ1n) is 6.15. The van der Waals surface area contributed by atoms with E-state index >= 15 is 0 Å². The molecule has 0 aliphatic carbocycles. The Morgan fingerprint density at radius 3 is 3.00 bits per heavy atom. The molecule has 1 atom stereocenters. The van der Waals surface area contributed by atoms with E-state index in [-0.39, 0.29) is 5.91 Å². The summed E-state index contributed by atoms with van der Waals surface area (Å²) in [4.78, 5) is 12.1. The number of aromatic nitrogens is 2. The Hall–Kier alpha value is -0.920. The molecule has 0 saturated heterocycles. The van der Waals surface area contributed by atoms with Crippen LogP contribution >= 0.6 is 39.0 Å². The Kier molecular flexibility index (Phi) is 5.56. The van der Waals surface area contributed by atoms with Crippen molar-refractivity contribution in [3.63, 3.8) is 0 Å². The predicted molar refractivity (Wildman–Crippen MR) is 87.6 cm³/mol. The Morgan fingerprint density at radius 2 is 2.30 bits per heavy atom. The molecular formula is C13H14BrN3OS2. The van der Waals surface area contributed by atoms with E-state index in [0.717, 1.165) is 15.2 Å². The summed E-state index contributed by atoms with van der Waals surface area (Å²) in [6.07, 6.45) is 1.07. The summed E-state index contributed by atoms with van der Waals surface area (Å²) >= 11 is 6.42.